The summed E-state index contributed by atoms with van der Waals surface area (Å²) in [6.45, 7) is 0.0877. The van der Waals surface area contributed by atoms with Crippen LogP contribution in [-0.4, -0.2) is 42.2 Å². The van der Waals surface area contributed by atoms with E-state index in [1.807, 2.05) is 0 Å². The summed E-state index contributed by atoms with van der Waals surface area (Å²) in [5.41, 5.74) is 6.07. The van der Waals surface area contributed by atoms with E-state index in [4.69, 9.17) is 10.8 Å². The molecule has 0 aliphatic heterocycles. The second-order valence-electron chi connectivity index (χ2n) is 3.29. The van der Waals surface area contributed by atoms with Crippen molar-refractivity contribution in [1.29, 1.82) is 0 Å². The molecule has 90 valence electrons. The average molecular weight is 236 g/mol. The first-order valence-corrected chi connectivity index (χ1v) is 4.99. The number of aliphatic carboxylic acids is 1. The number of pyridine rings is 1. The molecule has 8 heteroatoms. The predicted molar refractivity (Wildman–Crippen MR) is 63.0 cm³/mol. The zero-order valence-corrected chi connectivity index (χ0v) is 9.09. The first-order valence-electron chi connectivity index (χ1n) is 4.99. The molecule has 7 nitrogen and oxygen atoms in total. The third-order valence-electron chi connectivity index (χ3n) is 2.06. The third kappa shape index (κ3) is 4.19. The van der Waals surface area contributed by atoms with Crippen molar-refractivity contribution in [3.63, 3.8) is 0 Å². The molecule has 0 saturated heterocycles. The van der Waals surface area contributed by atoms with Crippen molar-refractivity contribution >= 4 is 24.6 Å². The minimum atomic E-state index is -1.05. The Morgan fingerprint density at radius 3 is 3.00 bits per heavy atom. The molecule has 1 rings (SSSR count). The molecule has 0 saturated carbocycles. The quantitative estimate of drug-likeness (QED) is 0.454. The molecule has 0 unspecified atom stereocenters. The fourth-order valence-corrected chi connectivity index (χ4v) is 1.20. The molecule has 1 aromatic rings. The Hall–Kier alpha value is -1.96. The van der Waals surface area contributed by atoms with Crippen LogP contribution < -0.4 is 16.4 Å². The molecular formula is C9H13BN4O3. The molecule has 0 aromatic carbocycles. The summed E-state index contributed by atoms with van der Waals surface area (Å²) in [6.07, 6.45) is 1.53. The van der Waals surface area contributed by atoms with Gasteiger partial charge < -0.3 is 0 Å². The summed E-state index contributed by atoms with van der Waals surface area (Å²) < 4.78 is 10.2. The number of rotatable bonds is 7. The topological polar surface area (TPSA) is 117 Å². The fourth-order valence-electron chi connectivity index (χ4n) is 1.20. The second kappa shape index (κ2) is 6.59. The van der Waals surface area contributed by atoms with Gasteiger partial charge in [-0.25, -0.2) is 0 Å². The third-order valence-corrected chi connectivity index (χ3v) is 2.06. The Morgan fingerprint density at radius 2 is 2.41 bits per heavy atom. The van der Waals surface area contributed by atoms with Crippen LogP contribution in [0.15, 0.2) is 18.3 Å². The number of nitrogens with two attached hydrogens (primary N) is 1. The zero-order valence-electron chi connectivity index (χ0n) is 9.09. The van der Waals surface area contributed by atoms with Gasteiger partial charge in [-0.2, -0.15) is 0 Å². The summed E-state index contributed by atoms with van der Waals surface area (Å²) >= 11 is 0. The van der Waals surface area contributed by atoms with E-state index >= 15 is 0 Å². The van der Waals surface area contributed by atoms with E-state index in [0.717, 1.165) is 0 Å². The Morgan fingerprint density at radius 1 is 1.65 bits per heavy atom. The molecule has 0 aliphatic carbocycles. The molecule has 0 fully saturated rings. The van der Waals surface area contributed by atoms with Crippen LogP contribution in [0.4, 0.5) is 11.5 Å². The van der Waals surface area contributed by atoms with E-state index in [0.29, 0.717) is 18.7 Å². The number of nitrogen functional groups attached to an aromatic ring is 1. The van der Waals surface area contributed by atoms with Crippen LogP contribution in [0.25, 0.3) is 0 Å². The molecule has 0 amide bonds. The van der Waals surface area contributed by atoms with Gasteiger partial charge >= 0.3 is 97.9 Å². The summed E-state index contributed by atoms with van der Waals surface area (Å²) in [4.78, 5) is 14.8. The van der Waals surface area contributed by atoms with Gasteiger partial charge in [0.15, 0.2) is 0 Å². The maximum absolute atomic E-state index is 10.8. The van der Waals surface area contributed by atoms with Gasteiger partial charge in [0, 0.05) is 0 Å². The van der Waals surface area contributed by atoms with E-state index in [1.165, 1.54) is 0 Å². The molecule has 0 radical (unpaired) electrons. The van der Waals surface area contributed by atoms with Crippen LogP contribution in [0, 0.1) is 0 Å². The number of carbonyl (C=O) groups is 1. The monoisotopic (exact) mass is 236 g/mol. The van der Waals surface area contributed by atoms with Crippen molar-refractivity contribution in [3.05, 3.63) is 18.3 Å². The van der Waals surface area contributed by atoms with Gasteiger partial charge in [0.2, 0.25) is 0 Å². The number of carboxylic acids is 1. The SMILES string of the molecule is Nc1cccnc1NC[C@H](NCB=O)C(=O)O. The van der Waals surface area contributed by atoms with Crippen LogP contribution in [0.2, 0.25) is 0 Å². The van der Waals surface area contributed by atoms with E-state index in [9.17, 15) is 9.50 Å². The second-order valence-corrected chi connectivity index (χ2v) is 3.29. The van der Waals surface area contributed by atoms with Crippen molar-refractivity contribution in [3.8, 4) is 0 Å². The predicted octanol–water partition coefficient (Wildman–Crippen LogP) is -0.874. The van der Waals surface area contributed by atoms with Crippen LogP contribution in [0.5, 0.6) is 0 Å². The number of nitrogens with one attached hydrogen (secondary N) is 2. The first kappa shape index (κ1) is 13.1. The van der Waals surface area contributed by atoms with Crippen molar-refractivity contribution in [1.82, 2.24) is 10.3 Å². The van der Waals surface area contributed by atoms with Gasteiger partial charge in [-0.15, -0.1) is 0 Å². The molecule has 0 bridgehead atoms. The molecule has 0 aliphatic rings. The van der Waals surface area contributed by atoms with Crippen LogP contribution >= 0.6 is 0 Å². The Labute approximate surface area is 98.7 Å². The van der Waals surface area contributed by atoms with Crippen LogP contribution in [0.1, 0.15) is 0 Å². The van der Waals surface area contributed by atoms with E-state index in [1.54, 1.807) is 18.3 Å². The van der Waals surface area contributed by atoms with Gasteiger partial charge in [-0.05, 0) is 0 Å². The summed E-state index contributed by atoms with van der Waals surface area (Å²) in [5.74, 6) is -0.625. The first-order chi connectivity index (χ1) is 8.15. The normalized spacial score (nSPS) is 11.5. The van der Waals surface area contributed by atoms with Crippen molar-refractivity contribution in [2.24, 2.45) is 0 Å². The van der Waals surface area contributed by atoms with Gasteiger partial charge in [0.25, 0.3) is 0 Å². The van der Waals surface area contributed by atoms with Crippen LogP contribution in [-0.2, 0) is 9.50 Å². The Kier molecular flexibility index (Phi) is 5.08. The Balaban J connectivity index is 2.54. The Bertz CT molecular complexity index is 402. The number of carboxylic acid groups (broad SMARTS) is 1. The molecular weight excluding hydrogens is 223 g/mol. The number of hydrogen-bond donors (Lipinski definition) is 4. The average Bonchev–Trinajstić information content (AvgIpc) is 2.31. The molecule has 1 atom stereocenters. The van der Waals surface area contributed by atoms with Crippen molar-refractivity contribution < 1.29 is 14.6 Å². The molecule has 17 heavy (non-hydrogen) atoms. The van der Waals surface area contributed by atoms with Gasteiger partial charge in [0.1, 0.15) is 0 Å². The number of hydrogen-bond acceptors (Lipinski definition) is 6. The maximum atomic E-state index is 10.8. The number of nitrogens with zero attached hydrogens (tertiary/aromatic N) is 1. The zero-order chi connectivity index (χ0) is 12.7. The van der Waals surface area contributed by atoms with Gasteiger partial charge in [0.05, 0.1) is 0 Å². The summed E-state index contributed by atoms with van der Waals surface area (Å²) in [6, 6.07) is 2.46. The van der Waals surface area contributed by atoms with E-state index < -0.39 is 12.0 Å². The molecule has 1 heterocycles. The van der Waals surface area contributed by atoms with E-state index in [-0.39, 0.29) is 13.0 Å². The van der Waals surface area contributed by atoms with Gasteiger partial charge in [-0.1, -0.05) is 0 Å². The van der Waals surface area contributed by atoms with Crippen molar-refractivity contribution in [2.75, 3.05) is 24.0 Å². The molecule has 0 spiro atoms. The standard InChI is InChI=1S/C9H13BN4O3/c11-6-2-1-3-12-8(6)13-4-7(9(15)16)14-5-10-17/h1-3,7,14H,4-5,11H2,(H,12,13)(H,15,16)/t7-/m0/s1. The van der Waals surface area contributed by atoms with Gasteiger partial charge in [-0.3, -0.25) is 0 Å². The number of anilines is 2. The number of aromatic nitrogens is 1. The molecule has 1 aromatic heterocycles. The fraction of sp³-hybridized carbons (Fsp3) is 0.333. The van der Waals surface area contributed by atoms with Crippen molar-refractivity contribution in [2.45, 2.75) is 6.04 Å². The summed E-state index contributed by atoms with van der Waals surface area (Å²) in [5, 5.41) is 14.2. The minimum absolute atomic E-state index is 0.0175. The summed E-state index contributed by atoms with van der Waals surface area (Å²) in [7, 11) is 0.602. The van der Waals surface area contributed by atoms with Crippen LogP contribution in [0.3, 0.4) is 0 Å². The molecule has 5 N–H and O–H groups in total. The van der Waals surface area contributed by atoms with E-state index in [2.05, 4.69) is 15.6 Å².